The van der Waals surface area contributed by atoms with Crippen molar-refractivity contribution in [1.29, 1.82) is 0 Å². The molecule has 2 rings (SSSR count). The number of guanidine groups is 1. The van der Waals surface area contributed by atoms with Crippen molar-refractivity contribution in [3.63, 3.8) is 0 Å². The maximum Gasteiger partial charge on any atom is 0.191 e. The van der Waals surface area contributed by atoms with Crippen LogP contribution in [0.15, 0.2) is 48.0 Å². The first-order valence-corrected chi connectivity index (χ1v) is 9.83. The predicted molar refractivity (Wildman–Crippen MR) is 111 cm³/mol. The van der Waals surface area contributed by atoms with E-state index in [9.17, 15) is 5.11 Å². The molecule has 1 unspecified atom stereocenters. The summed E-state index contributed by atoms with van der Waals surface area (Å²) in [5.74, 6) is 1.87. The predicted octanol–water partition coefficient (Wildman–Crippen LogP) is 2.97. The molecule has 27 heavy (non-hydrogen) atoms. The first kappa shape index (κ1) is 21.0. The molecular weight excluding hydrogens is 338 g/mol. The van der Waals surface area contributed by atoms with Gasteiger partial charge in [0.15, 0.2) is 5.96 Å². The van der Waals surface area contributed by atoms with E-state index in [1.807, 2.05) is 22.9 Å². The van der Waals surface area contributed by atoms with E-state index in [1.54, 1.807) is 12.5 Å². The lowest BCUT2D eigenvalue weighted by Crippen LogP contribution is -2.40. The van der Waals surface area contributed by atoms with Crippen molar-refractivity contribution in [2.75, 3.05) is 19.7 Å². The molecule has 148 valence electrons. The van der Waals surface area contributed by atoms with Crippen molar-refractivity contribution in [2.24, 2.45) is 16.8 Å². The highest BCUT2D eigenvalue weighted by atomic mass is 16.3. The van der Waals surface area contributed by atoms with E-state index in [4.69, 9.17) is 4.99 Å². The molecule has 6 heteroatoms. The average Bonchev–Trinajstić information content (AvgIpc) is 3.18. The van der Waals surface area contributed by atoms with Crippen LogP contribution in [0.3, 0.4) is 0 Å². The Labute approximate surface area is 162 Å². The summed E-state index contributed by atoms with van der Waals surface area (Å²) >= 11 is 0. The Bertz CT molecular complexity index is 682. The minimum atomic E-state index is 0.227. The lowest BCUT2D eigenvalue weighted by Gasteiger charge is -2.20. The summed E-state index contributed by atoms with van der Waals surface area (Å²) in [5, 5.41) is 16.1. The summed E-state index contributed by atoms with van der Waals surface area (Å²) in [6.45, 7) is 8.94. The molecule has 0 aliphatic carbocycles. The van der Waals surface area contributed by atoms with Crippen LogP contribution >= 0.6 is 0 Å². The number of rotatable bonds is 10. The second kappa shape index (κ2) is 11.4. The molecule has 0 saturated heterocycles. The largest absolute Gasteiger partial charge is 0.396 e. The third-order valence-corrected chi connectivity index (χ3v) is 4.43. The highest BCUT2D eigenvalue weighted by Crippen LogP contribution is 2.16. The van der Waals surface area contributed by atoms with Gasteiger partial charge in [-0.3, -0.25) is 0 Å². The molecule has 0 fully saturated rings. The molecule has 0 aliphatic heterocycles. The molecule has 0 bridgehead atoms. The molecule has 1 aromatic heterocycles. The SMILES string of the molecule is CCNC(=NCc1ccccc1-n1ccnc1)NCC(CCO)CC(C)C. The normalized spacial score (nSPS) is 13.0. The fourth-order valence-electron chi connectivity index (χ4n) is 3.20. The Kier molecular flexibility index (Phi) is 8.84. The van der Waals surface area contributed by atoms with Crippen LogP contribution in [-0.2, 0) is 6.54 Å². The van der Waals surface area contributed by atoms with Gasteiger partial charge in [-0.25, -0.2) is 9.98 Å². The van der Waals surface area contributed by atoms with Crippen molar-refractivity contribution >= 4 is 5.96 Å². The fraction of sp³-hybridized carbons (Fsp3) is 0.524. The molecule has 3 N–H and O–H groups in total. The molecular formula is C21H33N5O. The molecule has 1 heterocycles. The van der Waals surface area contributed by atoms with E-state index in [1.165, 1.54) is 0 Å². The van der Waals surface area contributed by atoms with Crippen LogP contribution < -0.4 is 10.6 Å². The van der Waals surface area contributed by atoms with Gasteiger partial charge < -0.3 is 20.3 Å². The van der Waals surface area contributed by atoms with Gasteiger partial charge in [-0.15, -0.1) is 0 Å². The van der Waals surface area contributed by atoms with E-state index >= 15 is 0 Å². The van der Waals surface area contributed by atoms with Crippen LogP contribution in [0.4, 0.5) is 0 Å². The maximum absolute atomic E-state index is 9.31. The molecule has 2 aromatic rings. The van der Waals surface area contributed by atoms with Crippen LogP contribution in [0.5, 0.6) is 0 Å². The van der Waals surface area contributed by atoms with Crippen molar-refractivity contribution in [1.82, 2.24) is 20.2 Å². The summed E-state index contributed by atoms with van der Waals surface area (Å²) in [7, 11) is 0. The quantitative estimate of drug-likeness (QED) is 0.443. The topological polar surface area (TPSA) is 74.5 Å². The molecule has 1 atom stereocenters. The highest BCUT2D eigenvalue weighted by Gasteiger charge is 2.11. The standard InChI is InChI=1S/C21H33N5O/c1-4-23-21(24-14-18(9-12-27)13-17(2)3)25-15-19-7-5-6-8-20(19)26-11-10-22-16-26/h5-8,10-11,16-18,27H,4,9,12-15H2,1-3H3,(H2,23,24,25). The summed E-state index contributed by atoms with van der Waals surface area (Å²) in [5.41, 5.74) is 2.23. The molecule has 0 radical (unpaired) electrons. The lowest BCUT2D eigenvalue weighted by atomic mass is 9.94. The number of aromatic nitrogens is 2. The Morgan fingerprint density at radius 3 is 2.74 bits per heavy atom. The van der Waals surface area contributed by atoms with E-state index in [0.29, 0.717) is 18.4 Å². The second-order valence-corrected chi connectivity index (χ2v) is 7.18. The number of hydrogen-bond acceptors (Lipinski definition) is 3. The first-order valence-electron chi connectivity index (χ1n) is 9.83. The van der Waals surface area contributed by atoms with Gasteiger partial charge in [0.1, 0.15) is 0 Å². The van der Waals surface area contributed by atoms with Gasteiger partial charge in [-0.2, -0.15) is 0 Å². The number of nitrogens with zero attached hydrogens (tertiary/aromatic N) is 3. The third-order valence-electron chi connectivity index (χ3n) is 4.43. The number of nitrogens with one attached hydrogen (secondary N) is 2. The van der Waals surface area contributed by atoms with Crippen LogP contribution in [-0.4, -0.2) is 40.3 Å². The maximum atomic E-state index is 9.31. The summed E-state index contributed by atoms with van der Waals surface area (Å²) < 4.78 is 2.01. The minimum absolute atomic E-state index is 0.227. The van der Waals surface area contributed by atoms with E-state index < -0.39 is 0 Å². The number of para-hydroxylation sites is 1. The zero-order valence-corrected chi connectivity index (χ0v) is 16.7. The van der Waals surface area contributed by atoms with Crippen LogP contribution in [0.2, 0.25) is 0 Å². The van der Waals surface area contributed by atoms with E-state index in [-0.39, 0.29) is 6.61 Å². The second-order valence-electron chi connectivity index (χ2n) is 7.18. The lowest BCUT2D eigenvalue weighted by molar-refractivity contribution is 0.243. The number of aliphatic imine (C=N–C) groups is 1. The number of hydrogen-bond donors (Lipinski definition) is 3. The molecule has 0 amide bonds. The Hall–Kier alpha value is -2.34. The highest BCUT2D eigenvalue weighted by molar-refractivity contribution is 5.79. The number of imidazole rings is 1. The van der Waals surface area contributed by atoms with Crippen molar-refractivity contribution < 1.29 is 5.11 Å². The number of aliphatic hydroxyl groups is 1. The molecule has 0 aliphatic rings. The van der Waals surface area contributed by atoms with Crippen LogP contribution in [0, 0.1) is 11.8 Å². The van der Waals surface area contributed by atoms with Gasteiger partial charge in [-0.05, 0) is 43.2 Å². The Morgan fingerprint density at radius 2 is 2.07 bits per heavy atom. The first-order chi connectivity index (χ1) is 13.1. The third kappa shape index (κ3) is 7.06. The van der Waals surface area contributed by atoms with Crippen molar-refractivity contribution in [3.05, 3.63) is 48.5 Å². The van der Waals surface area contributed by atoms with Crippen molar-refractivity contribution in [3.8, 4) is 5.69 Å². The smallest absolute Gasteiger partial charge is 0.191 e. The van der Waals surface area contributed by atoms with Gasteiger partial charge in [0.2, 0.25) is 0 Å². The Balaban J connectivity index is 2.05. The van der Waals surface area contributed by atoms with Gasteiger partial charge in [-0.1, -0.05) is 32.0 Å². The summed E-state index contributed by atoms with van der Waals surface area (Å²) in [6, 6.07) is 8.23. The zero-order chi connectivity index (χ0) is 19.5. The van der Waals surface area contributed by atoms with E-state index in [2.05, 4.69) is 48.5 Å². The van der Waals surface area contributed by atoms with Crippen molar-refractivity contribution in [2.45, 2.75) is 40.2 Å². The molecule has 6 nitrogen and oxygen atoms in total. The number of aliphatic hydroxyl groups excluding tert-OH is 1. The summed E-state index contributed by atoms with van der Waals surface area (Å²) in [4.78, 5) is 8.90. The average molecular weight is 372 g/mol. The van der Waals surface area contributed by atoms with Gasteiger partial charge in [0.05, 0.1) is 18.6 Å². The van der Waals surface area contributed by atoms with Gasteiger partial charge in [0, 0.05) is 32.1 Å². The van der Waals surface area contributed by atoms with E-state index in [0.717, 1.165) is 43.1 Å². The van der Waals surface area contributed by atoms with Crippen LogP contribution in [0.1, 0.15) is 39.2 Å². The zero-order valence-electron chi connectivity index (χ0n) is 16.7. The molecule has 0 spiro atoms. The van der Waals surface area contributed by atoms with Crippen LogP contribution in [0.25, 0.3) is 5.69 Å². The number of benzene rings is 1. The van der Waals surface area contributed by atoms with Gasteiger partial charge >= 0.3 is 0 Å². The summed E-state index contributed by atoms with van der Waals surface area (Å²) in [6.07, 6.45) is 7.43. The van der Waals surface area contributed by atoms with Gasteiger partial charge in [0.25, 0.3) is 0 Å². The minimum Gasteiger partial charge on any atom is -0.396 e. The monoisotopic (exact) mass is 371 g/mol. The fourth-order valence-corrected chi connectivity index (χ4v) is 3.20. The molecule has 0 saturated carbocycles. The Morgan fingerprint density at radius 1 is 1.26 bits per heavy atom. The molecule has 1 aromatic carbocycles.